The predicted molar refractivity (Wildman–Crippen MR) is 83.3 cm³/mol. The van der Waals surface area contributed by atoms with Gasteiger partial charge in [-0.05, 0) is 32.8 Å². The second-order valence-electron chi connectivity index (χ2n) is 6.75. The van der Waals surface area contributed by atoms with E-state index in [0.29, 0.717) is 24.3 Å². The minimum atomic E-state index is -2.80. The van der Waals surface area contributed by atoms with Gasteiger partial charge in [0.1, 0.15) is 21.2 Å². The Balaban J connectivity index is 1.76. The molecule has 4 nitrogen and oxygen atoms in total. The molecule has 0 spiro atoms. The van der Waals surface area contributed by atoms with Crippen LogP contribution in [0.2, 0.25) is 0 Å². The molecular weight excluding hydrogens is 286 g/mol. The maximum atomic E-state index is 11.5. The van der Waals surface area contributed by atoms with Crippen LogP contribution in [-0.2, 0) is 9.84 Å². The van der Waals surface area contributed by atoms with Gasteiger partial charge in [0, 0.05) is 24.1 Å². The first-order chi connectivity index (χ1) is 9.85. The smallest absolute Gasteiger partial charge is 0.150 e. The first kappa shape index (κ1) is 14.9. The highest BCUT2D eigenvalue weighted by Crippen LogP contribution is 2.39. The van der Waals surface area contributed by atoms with Gasteiger partial charge < -0.3 is 10.1 Å². The Kier molecular flexibility index (Phi) is 3.74. The van der Waals surface area contributed by atoms with Crippen molar-refractivity contribution in [2.24, 2.45) is 0 Å². The van der Waals surface area contributed by atoms with E-state index in [-0.39, 0.29) is 17.7 Å². The van der Waals surface area contributed by atoms with Crippen molar-refractivity contribution in [2.75, 3.05) is 11.5 Å². The van der Waals surface area contributed by atoms with Gasteiger partial charge in [0.2, 0.25) is 0 Å². The molecule has 116 valence electrons. The van der Waals surface area contributed by atoms with Crippen LogP contribution in [0.25, 0.3) is 0 Å². The van der Waals surface area contributed by atoms with Crippen LogP contribution >= 0.6 is 0 Å². The number of hydrogen-bond donors (Lipinski definition) is 1. The normalized spacial score (nSPS) is 27.6. The van der Waals surface area contributed by atoms with Crippen LogP contribution in [0.15, 0.2) is 24.3 Å². The molecule has 2 heterocycles. The van der Waals surface area contributed by atoms with Gasteiger partial charge in [-0.3, -0.25) is 0 Å². The Morgan fingerprint density at radius 2 is 1.86 bits per heavy atom. The zero-order chi connectivity index (χ0) is 15.1. The maximum Gasteiger partial charge on any atom is 0.150 e. The number of ether oxygens (including phenoxy) is 1. The molecule has 1 fully saturated rings. The van der Waals surface area contributed by atoms with E-state index in [4.69, 9.17) is 4.74 Å². The molecule has 0 aliphatic carbocycles. The highest BCUT2D eigenvalue weighted by Gasteiger charge is 2.35. The van der Waals surface area contributed by atoms with E-state index < -0.39 is 9.84 Å². The molecule has 0 radical (unpaired) electrons. The van der Waals surface area contributed by atoms with E-state index in [1.165, 1.54) is 5.56 Å². The first-order valence-corrected chi connectivity index (χ1v) is 9.41. The van der Waals surface area contributed by atoms with Gasteiger partial charge in [-0.25, -0.2) is 8.42 Å². The van der Waals surface area contributed by atoms with Crippen LogP contribution in [0.5, 0.6) is 5.75 Å². The molecule has 1 atom stereocenters. The second kappa shape index (κ2) is 5.29. The van der Waals surface area contributed by atoms with E-state index in [1.54, 1.807) is 0 Å². The second-order valence-corrected chi connectivity index (χ2v) is 9.05. The summed E-state index contributed by atoms with van der Waals surface area (Å²) in [6.07, 6.45) is 2.32. The lowest BCUT2D eigenvalue weighted by atomic mass is 9.89. The highest BCUT2D eigenvalue weighted by atomic mass is 32.2. The van der Waals surface area contributed by atoms with Crippen molar-refractivity contribution < 1.29 is 13.2 Å². The molecule has 2 aliphatic heterocycles. The SMILES string of the molecule is CC1(C)CC(NC2CCS(=O)(=O)CC2)c2ccccc2O1. The summed E-state index contributed by atoms with van der Waals surface area (Å²) < 4.78 is 29.1. The molecule has 1 N–H and O–H groups in total. The molecular formula is C16H23NO3S. The molecule has 0 bridgehead atoms. The van der Waals surface area contributed by atoms with Crippen molar-refractivity contribution in [1.82, 2.24) is 5.32 Å². The average Bonchev–Trinajstić information content (AvgIpc) is 2.40. The quantitative estimate of drug-likeness (QED) is 0.912. The Bertz CT molecular complexity index is 610. The Morgan fingerprint density at radius 3 is 2.57 bits per heavy atom. The fourth-order valence-corrected chi connectivity index (χ4v) is 4.78. The number of para-hydroxylation sites is 1. The summed E-state index contributed by atoms with van der Waals surface area (Å²) in [5.41, 5.74) is 0.984. The molecule has 0 saturated carbocycles. The van der Waals surface area contributed by atoms with Crippen LogP contribution in [0.1, 0.15) is 44.7 Å². The third-order valence-corrected chi connectivity index (χ3v) is 6.08. The number of fused-ring (bicyclic) bond motifs is 1. The molecule has 1 aromatic carbocycles. The van der Waals surface area contributed by atoms with E-state index in [1.807, 2.05) is 18.2 Å². The molecule has 21 heavy (non-hydrogen) atoms. The standard InChI is InChI=1S/C16H23NO3S/c1-16(2)11-14(13-5-3-4-6-15(13)20-16)17-12-7-9-21(18,19)10-8-12/h3-6,12,14,17H,7-11H2,1-2H3. The van der Waals surface area contributed by atoms with Crippen LogP contribution in [0, 0.1) is 0 Å². The largest absolute Gasteiger partial charge is 0.487 e. The molecule has 0 aromatic heterocycles. The van der Waals surface area contributed by atoms with E-state index in [9.17, 15) is 8.42 Å². The van der Waals surface area contributed by atoms with Gasteiger partial charge in [0.05, 0.1) is 11.5 Å². The van der Waals surface area contributed by atoms with Crippen molar-refractivity contribution in [3.05, 3.63) is 29.8 Å². The zero-order valence-corrected chi connectivity index (χ0v) is 13.4. The summed E-state index contributed by atoms with van der Waals surface area (Å²) in [5, 5.41) is 3.66. The van der Waals surface area contributed by atoms with Crippen LogP contribution in [-0.4, -0.2) is 31.6 Å². The summed E-state index contributed by atoms with van der Waals surface area (Å²) in [4.78, 5) is 0. The summed E-state index contributed by atoms with van der Waals surface area (Å²) in [5.74, 6) is 1.55. The molecule has 1 saturated heterocycles. The van der Waals surface area contributed by atoms with E-state index in [2.05, 4.69) is 25.2 Å². The van der Waals surface area contributed by atoms with Crippen LogP contribution in [0.3, 0.4) is 0 Å². The molecule has 0 amide bonds. The topological polar surface area (TPSA) is 55.4 Å². The summed E-state index contributed by atoms with van der Waals surface area (Å²) >= 11 is 0. The lowest BCUT2D eigenvalue weighted by Gasteiger charge is -2.40. The predicted octanol–water partition coefficient (Wildman–Crippen LogP) is 2.46. The number of benzene rings is 1. The third kappa shape index (κ3) is 3.40. The summed E-state index contributed by atoms with van der Waals surface area (Å²) in [7, 11) is -2.80. The van der Waals surface area contributed by atoms with Crippen LogP contribution in [0.4, 0.5) is 0 Å². The van der Waals surface area contributed by atoms with Crippen molar-refractivity contribution in [3.63, 3.8) is 0 Å². The molecule has 1 aromatic rings. The van der Waals surface area contributed by atoms with Crippen molar-refractivity contribution in [1.29, 1.82) is 0 Å². The Labute approximate surface area is 126 Å². The molecule has 1 unspecified atom stereocenters. The lowest BCUT2D eigenvalue weighted by molar-refractivity contribution is 0.0633. The monoisotopic (exact) mass is 309 g/mol. The Hall–Kier alpha value is -1.07. The van der Waals surface area contributed by atoms with Crippen molar-refractivity contribution in [2.45, 2.75) is 50.8 Å². The van der Waals surface area contributed by atoms with Gasteiger partial charge in [-0.2, -0.15) is 0 Å². The van der Waals surface area contributed by atoms with Gasteiger partial charge in [0.25, 0.3) is 0 Å². The average molecular weight is 309 g/mol. The first-order valence-electron chi connectivity index (χ1n) is 7.59. The fourth-order valence-electron chi connectivity index (χ4n) is 3.29. The van der Waals surface area contributed by atoms with Crippen molar-refractivity contribution in [3.8, 4) is 5.75 Å². The molecule has 5 heteroatoms. The van der Waals surface area contributed by atoms with Crippen LogP contribution < -0.4 is 10.1 Å². The van der Waals surface area contributed by atoms with Gasteiger partial charge >= 0.3 is 0 Å². The number of nitrogens with one attached hydrogen (secondary N) is 1. The number of hydrogen-bond acceptors (Lipinski definition) is 4. The van der Waals surface area contributed by atoms with Gasteiger partial charge in [-0.1, -0.05) is 18.2 Å². The van der Waals surface area contributed by atoms with E-state index in [0.717, 1.165) is 12.2 Å². The number of sulfone groups is 1. The third-order valence-electron chi connectivity index (χ3n) is 4.37. The molecule has 3 rings (SSSR count). The van der Waals surface area contributed by atoms with Gasteiger partial charge in [-0.15, -0.1) is 0 Å². The zero-order valence-electron chi connectivity index (χ0n) is 12.6. The lowest BCUT2D eigenvalue weighted by Crippen LogP contribution is -2.45. The minimum absolute atomic E-state index is 0.202. The van der Waals surface area contributed by atoms with Crippen molar-refractivity contribution >= 4 is 9.84 Å². The maximum absolute atomic E-state index is 11.5. The summed E-state index contributed by atoms with van der Waals surface area (Å²) in [6.45, 7) is 4.20. The minimum Gasteiger partial charge on any atom is -0.487 e. The fraction of sp³-hybridized carbons (Fsp3) is 0.625. The van der Waals surface area contributed by atoms with E-state index >= 15 is 0 Å². The molecule has 2 aliphatic rings. The number of rotatable bonds is 2. The summed E-state index contributed by atoms with van der Waals surface area (Å²) in [6, 6.07) is 8.64. The van der Waals surface area contributed by atoms with Gasteiger partial charge in [0.15, 0.2) is 0 Å². The Morgan fingerprint density at radius 1 is 1.19 bits per heavy atom. The highest BCUT2D eigenvalue weighted by molar-refractivity contribution is 7.91.